The van der Waals surface area contributed by atoms with E-state index in [0.717, 1.165) is 96.3 Å². The highest BCUT2D eigenvalue weighted by molar-refractivity contribution is 5.71. The highest BCUT2D eigenvalue weighted by Gasteiger charge is 2.19. The van der Waals surface area contributed by atoms with Gasteiger partial charge in [0.1, 0.15) is 13.2 Å². The highest BCUT2D eigenvalue weighted by Crippen LogP contribution is 2.13. The van der Waals surface area contributed by atoms with Crippen LogP contribution in [-0.2, 0) is 28.6 Å². The molecule has 0 aromatic carbocycles. The van der Waals surface area contributed by atoms with Gasteiger partial charge in [-0.05, 0) is 70.6 Å². The molecule has 6 nitrogen and oxygen atoms in total. The lowest BCUT2D eigenvalue weighted by atomic mass is 10.1. The average Bonchev–Trinajstić information content (AvgIpc) is 3.12. The van der Waals surface area contributed by atoms with Gasteiger partial charge in [-0.2, -0.15) is 0 Å². The fourth-order valence-electron chi connectivity index (χ4n) is 5.83. The molecule has 0 radical (unpaired) electrons. The van der Waals surface area contributed by atoms with Crippen LogP contribution in [0.25, 0.3) is 0 Å². The summed E-state index contributed by atoms with van der Waals surface area (Å²) in [7, 11) is 0. The second-order valence-corrected chi connectivity index (χ2v) is 14.3. The van der Waals surface area contributed by atoms with E-state index in [2.05, 4.69) is 57.2 Å². The normalized spacial score (nSPS) is 12.3. The summed E-state index contributed by atoms with van der Waals surface area (Å²) in [5.41, 5.74) is 0. The molecule has 0 aliphatic carbocycles. The molecule has 0 aliphatic heterocycles. The van der Waals surface area contributed by atoms with Crippen molar-refractivity contribution < 1.29 is 28.6 Å². The van der Waals surface area contributed by atoms with E-state index in [9.17, 15) is 14.4 Å². The molecule has 0 saturated carbocycles. The standard InChI is InChI=1S/C45H80O6/c1-4-7-10-13-16-18-20-21-22-23-24-25-27-29-32-35-38-44(47)50-41-42(40-49-43(46)37-34-31-28-15-12-9-6-3)51-45(48)39-36-33-30-26-19-17-14-11-8-5-2/h11,14,18,20,22-23,42H,4-10,12-13,15-17,19,21,24-41H2,1-3H3/b14-11-,20-18-,23-22-. The zero-order valence-corrected chi connectivity index (χ0v) is 33.6. The van der Waals surface area contributed by atoms with Gasteiger partial charge in [-0.15, -0.1) is 0 Å². The van der Waals surface area contributed by atoms with E-state index in [1.54, 1.807) is 0 Å². The number of hydrogen-bond acceptors (Lipinski definition) is 6. The number of allylic oxidation sites excluding steroid dienone is 6. The first-order valence-corrected chi connectivity index (χ1v) is 21.5. The molecule has 0 aromatic heterocycles. The van der Waals surface area contributed by atoms with Crippen LogP contribution in [0.15, 0.2) is 36.5 Å². The third-order valence-electron chi connectivity index (χ3n) is 9.10. The molecule has 0 N–H and O–H groups in total. The summed E-state index contributed by atoms with van der Waals surface area (Å²) in [6, 6.07) is 0. The van der Waals surface area contributed by atoms with Gasteiger partial charge in [0.05, 0.1) is 0 Å². The van der Waals surface area contributed by atoms with E-state index in [1.807, 2.05) is 0 Å². The Balaban J connectivity index is 4.32. The van der Waals surface area contributed by atoms with Crippen molar-refractivity contribution in [3.05, 3.63) is 36.5 Å². The Morgan fingerprint density at radius 3 is 1.20 bits per heavy atom. The Kier molecular flexibility index (Phi) is 38.5. The molecule has 1 atom stereocenters. The lowest BCUT2D eigenvalue weighted by Gasteiger charge is -2.18. The van der Waals surface area contributed by atoms with E-state index in [-0.39, 0.29) is 31.1 Å². The summed E-state index contributed by atoms with van der Waals surface area (Å²) in [4.78, 5) is 37.5. The van der Waals surface area contributed by atoms with Crippen LogP contribution in [0.5, 0.6) is 0 Å². The Morgan fingerprint density at radius 1 is 0.392 bits per heavy atom. The number of carbonyl (C=O) groups is 3. The van der Waals surface area contributed by atoms with Gasteiger partial charge in [0.2, 0.25) is 0 Å². The molecule has 0 amide bonds. The van der Waals surface area contributed by atoms with Crippen molar-refractivity contribution in [1.29, 1.82) is 0 Å². The summed E-state index contributed by atoms with van der Waals surface area (Å²) in [6.45, 7) is 6.48. The maximum atomic E-state index is 12.6. The number of rotatable bonds is 38. The molecule has 0 aromatic rings. The van der Waals surface area contributed by atoms with Gasteiger partial charge in [0.25, 0.3) is 0 Å². The predicted molar refractivity (Wildman–Crippen MR) is 215 cm³/mol. The van der Waals surface area contributed by atoms with Crippen molar-refractivity contribution in [3.8, 4) is 0 Å². The van der Waals surface area contributed by atoms with Crippen LogP contribution < -0.4 is 0 Å². The number of esters is 3. The average molecular weight is 717 g/mol. The first-order chi connectivity index (χ1) is 25.0. The molecule has 51 heavy (non-hydrogen) atoms. The van der Waals surface area contributed by atoms with Crippen molar-refractivity contribution in [2.45, 2.75) is 219 Å². The monoisotopic (exact) mass is 717 g/mol. The van der Waals surface area contributed by atoms with E-state index in [0.29, 0.717) is 19.3 Å². The molecule has 0 saturated heterocycles. The van der Waals surface area contributed by atoms with E-state index in [1.165, 1.54) is 77.0 Å². The minimum Gasteiger partial charge on any atom is -0.462 e. The second-order valence-electron chi connectivity index (χ2n) is 14.3. The maximum Gasteiger partial charge on any atom is 0.306 e. The van der Waals surface area contributed by atoms with Gasteiger partial charge in [0, 0.05) is 19.3 Å². The minimum absolute atomic E-state index is 0.0797. The third-order valence-corrected chi connectivity index (χ3v) is 9.10. The highest BCUT2D eigenvalue weighted by atomic mass is 16.6. The fourth-order valence-corrected chi connectivity index (χ4v) is 5.83. The molecule has 296 valence electrons. The van der Waals surface area contributed by atoms with Crippen LogP contribution in [0.2, 0.25) is 0 Å². The largest absolute Gasteiger partial charge is 0.462 e. The molecule has 0 aliphatic rings. The van der Waals surface area contributed by atoms with Gasteiger partial charge in [-0.3, -0.25) is 14.4 Å². The van der Waals surface area contributed by atoms with Crippen molar-refractivity contribution >= 4 is 17.9 Å². The third kappa shape index (κ3) is 38.7. The minimum atomic E-state index is -0.774. The Hall–Kier alpha value is -2.37. The Labute approximate surface area is 315 Å². The smallest absolute Gasteiger partial charge is 0.306 e. The molecular formula is C45H80O6. The first kappa shape index (κ1) is 48.6. The molecule has 0 bridgehead atoms. The van der Waals surface area contributed by atoms with Crippen LogP contribution in [-0.4, -0.2) is 37.2 Å². The van der Waals surface area contributed by atoms with Crippen molar-refractivity contribution in [1.82, 2.24) is 0 Å². The van der Waals surface area contributed by atoms with E-state index >= 15 is 0 Å². The SMILES string of the molecule is CCC/C=C\CCCCCCCC(=O)OC(COC(=O)CCCCCCC/C=C\C/C=C\CCCCCC)COC(=O)CCCCCCCCC. The zero-order chi connectivity index (χ0) is 37.3. The lowest BCUT2D eigenvalue weighted by Crippen LogP contribution is -2.30. The first-order valence-electron chi connectivity index (χ1n) is 21.5. The fraction of sp³-hybridized carbons (Fsp3) is 0.800. The summed E-state index contributed by atoms with van der Waals surface area (Å²) in [5.74, 6) is -0.914. The van der Waals surface area contributed by atoms with Gasteiger partial charge in [-0.1, -0.05) is 160 Å². The van der Waals surface area contributed by atoms with Crippen molar-refractivity contribution in [3.63, 3.8) is 0 Å². The van der Waals surface area contributed by atoms with Gasteiger partial charge < -0.3 is 14.2 Å². The quantitative estimate of drug-likeness (QED) is 0.0274. The predicted octanol–water partition coefficient (Wildman–Crippen LogP) is 13.4. The number of hydrogen-bond donors (Lipinski definition) is 0. The Bertz CT molecular complexity index is 876. The summed E-state index contributed by atoms with van der Waals surface area (Å²) >= 11 is 0. The molecular weight excluding hydrogens is 636 g/mol. The number of unbranched alkanes of at least 4 members (excludes halogenated alkanes) is 21. The number of ether oxygens (including phenoxy) is 3. The van der Waals surface area contributed by atoms with E-state index < -0.39 is 6.10 Å². The van der Waals surface area contributed by atoms with Crippen LogP contribution in [0.3, 0.4) is 0 Å². The topological polar surface area (TPSA) is 78.9 Å². The molecule has 6 heteroatoms. The van der Waals surface area contributed by atoms with Gasteiger partial charge >= 0.3 is 17.9 Å². The van der Waals surface area contributed by atoms with Gasteiger partial charge in [-0.25, -0.2) is 0 Å². The Morgan fingerprint density at radius 2 is 0.745 bits per heavy atom. The molecule has 0 fully saturated rings. The van der Waals surface area contributed by atoms with E-state index in [4.69, 9.17) is 14.2 Å². The maximum absolute atomic E-state index is 12.6. The van der Waals surface area contributed by atoms with Gasteiger partial charge in [0.15, 0.2) is 6.10 Å². The van der Waals surface area contributed by atoms with Crippen LogP contribution >= 0.6 is 0 Å². The van der Waals surface area contributed by atoms with Crippen molar-refractivity contribution in [2.75, 3.05) is 13.2 Å². The molecule has 0 spiro atoms. The van der Waals surface area contributed by atoms with Crippen LogP contribution in [0.4, 0.5) is 0 Å². The lowest BCUT2D eigenvalue weighted by molar-refractivity contribution is -0.167. The van der Waals surface area contributed by atoms with Crippen molar-refractivity contribution in [2.24, 2.45) is 0 Å². The van der Waals surface area contributed by atoms with Crippen LogP contribution in [0.1, 0.15) is 213 Å². The molecule has 0 rings (SSSR count). The molecule has 0 heterocycles. The summed E-state index contributed by atoms with van der Waals surface area (Å²) < 4.78 is 16.6. The summed E-state index contributed by atoms with van der Waals surface area (Å²) in [6.07, 6.45) is 44.2. The zero-order valence-electron chi connectivity index (χ0n) is 33.6. The van der Waals surface area contributed by atoms with Crippen LogP contribution in [0, 0.1) is 0 Å². The summed E-state index contributed by atoms with van der Waals surface area (Å²) in [5, 5.41) is 0. The molecule has 1 unspecified atom stereocenters. The second kappa shape index (κ2) is 40.4. The number of carbonyl (C=O) groups excluding carboxylic acids is 3.